The zero-order valence-electron chi connectivity index (χ0n) is 54.4. The van der Waals surface area contributed by atoms with E-state index in [0.717, 1.165) is 60.7 Å². The van der Waals surface area contributed by atoms with Gasteiger partial charge in [0.25, 0.3) is 20.2 Å². The van der Waals surface area contributed by atoms with E-state index in [0.29, 0.717) is 0 Å². The molecule has 0 radical (unpaired) electrons. The average molecular weight is 1550 g/mol. The lowest BCUT2D eigenvalue weighted by molar-refractivity contribution is -0.396. The number of fused-ring (bicyclic) bond motifs is 6. The van der Waals surface area contributed by atoms with Gasteiger partial charge in [0, 0.05) is 22.3 Å². The molecule has 43 heteroatoms. The van der Waals surface area contributed by atoms with Crippen LogP contribution < -0.4 is 0 Å². The van der Waals surface area contributed by atoms with Gasteiger partial charge in [-0.1, -0.05) is 48.5 Å². The second-order valence-electron chi connectivity index (χ2n) is 26.0. The molecule has 0 amide bonds. The van der Waals surface area contributed by atoms with Crippen LogP contribution in [0.2, 0.25) is 0 Å². The summed E-state index contributed by atoms with van der Waals surface area (Å²) < 4.78 is 152. The summed E-state index contributed by atoms with van der Waals surface area (Å²) in [6, 6.07) is 12.7. The van der Waals surface area contributed by atoms with Gasteiger partial charge in [0.05, 0.1) is 56.0 Å². The molecule has 41 nitrogen and oxygen atoms in total. The summed E-state index contributed by atoms with van der Waals surface area (Å²) in [5.41, 5.74) is -1.02. The number of benzene rings is 3. The standard InChI is InChI=1S/C62H80O41S2/c63-13-26-47-35(72)40(77)57(88-26)96-49-28(15-65)90-59(42(79)37(49)74)98-52-31(18-68)93-62-54(45(52)82)102-104(84,85)24-5-1-3-22(11-24)33(70)20-7-9-21(10-8-20)34(71)23-4-2-6-25(12-23)105(86,87)103-55-46(83)53(99-60-44(81)39(76)51(101-62)30(17-67)92-60)32(19-69)94-61(55)100-50-29(16-66)91-58(43(80)38(50)75)97-48-27(14-64)89-56(95-47)41(78)36(48)73/h1-12,26-32,35-69,72-83H,13-19H2/t26-,27-,28-,29-,30-,31-,32-,35-,36-,37-,38-,39-,40-,41-,42-,43-,44-,45-,46-,47-,48-,49-,50-,51-,52-,53-,54-,55-,56-,57-,58-,59-,60-,61-,62-/m1/s1. The van der Waals surface area contributed by atoms with Crippen LogP contribution in [0, 0.1) is 0 Å². The molecule has 105 heavy (non-hydrogen) atoms. The molecule has 0 spiro atoms. The fourth-order valence-corrected chi connectivity index (χ4v) is 15.9. The number of aliphatic hydroxyl groups is 19. The van der Waals surface area contributed by atoms with Crippen LogP contribution in [0.1, 0.15) is 31.8 Å². The molecular formula is C62H80O41S2. The Balaban J connectivity index is 0.967. The molecule has 19 aliphatic heterocycles. The zero-order chi connectivity index (χ0) is 75.6. The van der Waals surface area contributed by atoms with Crippen molar-refractivity contribution in [1.29, 1.82) is 0 Å². The predicted octanol–water partition coefficient (Wildman–Crippen LogP) is -11.6. The Kier molecular flexibility index (Phi) is 25.0. The average Bonchev–Trinajstić information content (AvgIpc) is 0.835. The molecule has 0 aliphatic carbocycles. The number of ketones is 2. The first-order valence-corrected chi connectivity index (χ1v) is 35.7. The number of aliphatic hydroxyl groups excluding tert-OH is 19. The molecule has 15 saturated heterocycles. The third kappa shape index (κ3) is 15.7. The maximum absolute atomic E-state index is 14.7. The van der Waals surface area contributed by atoms with Crippen molar-refractivity contribution in [1.82, 2.24) is 0 Å². The van der Waals surface area contributed by atoms with Crippen molar-refractivity contribution in [3.63, 3.8) is 0 Å². The maximum atomic E-state index is 14.7. The van der Waals surface area contributed by atoms with Crippen molar-refractivity contribution in [2.24, 2.45) is 0 Å². The molecular weight excluding hydrogens is 1460 g/mol. The van der Waals surface area contributed by atoms with E-state index in [-0.39, 0.29) is 22.3 Å². The topological polar surface area (TPSA) is 634 Å². The summed E-state index contributed by atoms with van der Waals surface area (Å²) >= 11 is 0. The molecule has 22 bridgehead atoms. The highest BCUT2D eigenvalue weighted by Gasteiger charge is 2.61. The zero-order valence-corrected chi connectivity index (χ0v) is 56.0. The van der Waals surface area contributed by atoms with E-state index < -0.39 is 303 Å². The molecule has 0 aromatic heterocycles. The van der Waals surface area contributed by atoms with Crippen LogP contribution in [0.5, 0.6) is 0 Å². The first kappa shape index (κ1) is 80.0. The molecule has 22 rings (SSSR count). The molecule has 19 heterocycles. The molecule has 35 atom stereocenters. The number of hydrogen-bond donors (Lipinski definition) is 19. The van der Waals surface area contributed by atoms with Gasteiger partial charge >= 0.3 is 0 Å². The van der Waals surface area contributed by atoms with Crippen LogP contribution in [-0.4, -0.2) is 387 Å². The van der Waals surface area contributed by atoms with Crippen molar-refractivity contribution in [3.8, 4) is 0 Å². The Morgan fingerprint density at radius 3 is 0.686 bits per heavy atom. The highest BCUT2D eigenvalue weighted by Crippen LogP contribution is 2.41. The third-order valence-electron chi connectivity index (χ3n) is 19.4. The van der Waals surface area contributed by atoms with Crippen molar-refractivity contribution >= 4 is 31.8 Å². The Morgan fingerprint density at radius 1 is 0.248 bits per heavy atom. The molecule has 0 saturated carbocycles. The minimum absolute atomic E-state index is 0.162. The quantitative estimate of drug-likeness (QED) is 0.0977. The van der Waals surface area contributed by atoms with Gasteiger partial charge in [-0.2, -0.15) is 16.8 Å². The fourth-order valence-electron chi connectivity index (χ4n) is 13.7. The van der Waals surface area contributed by atoms with Gasteiger partial charge in [-0.15, -0.1) is 0 Å². The van der Waals surface area contributed by atoms with Crippen molar-refractivity contribution in [2.45, 2.75) is 225 Å². The fraction of sp³-hybridized carbons (Fsp3) is 0.677. The first-order valence-electron chi connectivity index (χ1n) is 32.9. The van der Waals surface area contributed by atoms with Gasteiger partial charge in [0.15, 0.2) is 67.8 Å². The summed E-state index contributed by atoms with van der Waals surface area (Å²) in [5, 5.41) is 218. The van der Waals surface area contributed by atoms with Gasteiger partial charge in [-0.3, -0.25) is 18.0 Å². The Morgan fingerprint density at radius 2 is 0.457 bits per heavy atom. The molecule has 3 aromatic rings. The minimum atomic E-state index is -5.43. The lowest BCUT2D eigenvalue weighted by Gasteiger charge is -2.50. The highest BCUT2D eigenvalue weighted by molar-refractivity contribution is 7.87. The molecule has 0 unspecified atom stereocenters. The lowest BCUT2D eigenvalue weighted by atomic mass is 9.95. The Bertz CT molecular complexity index is 3660. The van der Waals surface area contributed by atoms with E-state index in [1.807, 2.05) is 0 Å². The Hall–Kier alpha value is -4.50. The van der Waals surface area contributed by atoms with Crippen LogP contribution in [0.3, 0.4) is 0 Å². The van der Waals surface area contributed by atoms with Gasteiger partial charge in [0.2, 0.25) is 0 Å². The van der Waals surface area contributed by atoms with E-state index >= 15 is 0 Å². The largest absolute Gasteiger partial charge is 0.394 e. The summed E-state index contributed by atoms with van der Waals surface area (Å²) in [7, 11) is -10.9. The number of rotatable bonds is 7. The number of hydrogen-bond acceptors (Lipinski definition) is 41. The SMILES string of the molecule is O=C1c2ccc(cc2)C(=O)c2cccc(c2)S(=O)(=O)O[C@H]2[C@H]3O[C@H]4[C@H](O)[C@@H](O)[C@@H](O[C@H]5[C@@H](O)[C@@H](OS(=O)(=O)c6cccc1c6)[C@@H](O[C@H]1[C@H](O)[C@@H](O)[C@@H](O[C@H]6[C@H](O)[C@@H](O)[C@@H](O[C@H]7[C@H](O)[C@@H](O)[C@@H](O[C@H]8[C@H](O)[C@@H](O)[C@@H](O[C@@H]([C@H]2O)[C@@H](CO)O3)O[C@@H]8CO)O[C@@H]7CO)O[C@@H]6CO)O[C@@H]1CO)O[C@@H]5CO)O[C@@H]4CO. The molecule has 15 fully saturated rings. The third-order valence-corrected chi connectivity index (χ3v) is 22.0. The molecule has 3 aromatic carbocycles. The summed E-state index contributed by atoms with van der Waals surface area (Å²) in [4.78, 5) is 26.7. The predicted molar refractivity (Wildman–Crippen MR) is 327 cm³/mol. The minimum Gasteiger partial charge on any atom is -0.394 e. The number of ether oxygens (including phenoxy) is 14. The van der Waals surface area contributed by atoms with Gasteiger partial charge in [-0.05, 0) is 24.3 Å². The van der Waals surface area contributed by atoms with Crippen LogP contribution in [0.25, 0.3) is 0 Å². The maximum Gasteiger partial charge on any atom is 0.297 e. The van der Waals surface area contributed by atoms with E-state index in [2.05, 4.69) is 0 Å². The normalized spacial score (nSPS) is 45.6. The monoisotopic (exact) mass is 1540 g/mol. The van der Waals surface area contributed by atoms with E-state index in [1.54, 1.807) is 0 Å². The van der Waals surface area contributed by atoms with Crippen LogP contribution >= 0.6 is 0 Å². The lowest BCUT2D eigenvalue weighted by Crippen LogP contribution is -2.68. The van der Waals surface area contributed by atoms with Crippen molar-refractivity contribution in [2.75, 3.05) is 46.2 Å². The summed E-state index contributed by atoms with van der Waals surface area (Å²) in [5.74, 6) is -1.75. The molecule has 19 aliphatic rings. The van der Waals surface area contributed by atoms with Crippen LogP contribution in [0.15, 0.2) is 82.6 Å². The highest BCUT2D eigenvalue weighted by atomic mass is 32.2. The van der Waals surface area contributed by atoms with Crippen LogP contribution in [0.4, 0.5) is 0 Å². The van der Waals surface area contributed by atoms with E-state index in [4.69, 9.17) is 74.7 Å². The van der Waals surface area contributed by atoms with Crippen molar-refractivity contribution in [3.05, 3.63) is 95.1 Å². The number of carbonyl (C=O) groups excluding carboxylic acids is 2. The smallest absolute Gasteiger partial charge is 0.297 e. The van der Waals surface area contributed by atoms with Gasteiger partial charge in [-0.25, -0.2) is 0 Å². The molecule has 586 valence electrons. The van der Waals surface area contributed by atoms with E-state index in [1.165, 1.54) is 12.1 Å². The Labute approximate surface area is 593 Å². The van der Waals surface area contributed by atoms with E-state index in [9.17, 15) is 123 Å². The van der Waals surface area contributed by atoms with Crippen molar-refractivity contribution < 1.29 is 198 Å². The first-order chi connectivity index (χ1) is 50.0. The summed E-state index contributed by atoms with van der Waals surface area (Å²) in [6.07, 6.45) is -79.1. The van der Waals surface area contributed by atoms with Gasteiger partial charge < -0.3 is 163 Å². The van der Waals surface area contributed by atoms with Crippen LogP contribution in [-0.2, 0) is 94.9 Å². The van der Waals surface area contributed by atoms with Gasteiger partial charge in [0.1, 0.15) is 159 Å². The second kappa shape index (κ2) is 32.8. The molecule has 19 N–H and O–H groups in total. The second-order valence-corrected chi connectivity index (χ2v) is 29.1. The summed E-state index contributed by atoms with van der Waals surface area (Å²) in [6.45, 7) is -8.54. The number of carbonyl (C=O) groups is 2.